The van der Waals surface area contributed by atoms with E-state index in [1.165, 1.54) is 23.9 Å². The highest BCUT2D eigenvalue weighted by atomic mass is 35.5. The molecule has 1 aliphatic heterocycles. The highest BCUT2D eigenvalue weighted by molar-refractivity contribution is 8.00. The molecule has 28 heavy (non-hydrogen) atoms. The number of carbonyl (C=O) groups excluding carboxylic acids is 2. The number of hydrogen-bond donors (Lipinski definition) is 1. The van der Waals surface area contributed by atoms with E-state index in [1.807, 2.05) is 4.90 Å². The molecule has 0 saturated carbocycles. The Balaban J connectivity index is 1.62. The number of benzene rings is 1. The fraction of sp³-hybridized carbons (Fsp3) is 0.316. The molecule has 1 aliphatic rings. The minimum absolute atomic E-state index is 0.000589. The summed E-state index contributed by atoms with van der Waals surface area (Å²) in [5.74, 6) is -0.269. The van der Waals surface area contributed by atoms with Gasteiger partial charge in [0, 0.05) is 24.3 Å². The van der Waals surface area contributed by atoms with Crippen LogP contribution in [0, 0.1) is 0 Å². The van der Waals surface area contributed by atoms with Gasteiger partial charge in [0.2, 0.25) is 5.91 Å². The lowest BCUT2D eigenvalue weighted by molar-refractivity contribution is -0.115. The van der Waals surface area contributed by atoms with Crippen LogP contribution in [0.2, 0.25) is 15.1 Å². The number of nitrogens with zero attached hydrogens (tertiary/aromatic N) is 2. The Morgan fingerprint density at radius 1 is 1.14 bits per heavy atom. The molecule has 0 radical (unpaired) electrons. The lowest BCUT2D eigenvalue weighted by Crippen LogP contribution is -2.27. The van der Waals surface area contributed by atoms with Crippen molar-refractivity contribution >= 4 is 64.1 Å². The molecule has 2 heterocycles. The van der Waals surface area contributed by atoms with Crippen LogP contribution in [-0.4, -0.2) is 40.0 Å². The zero-order valence-corrected chi connectivity index (χ0v) is 18.1. The van der Waals surface area contributed by atoms with Crippen molar-refractivity contribution in [3.05, 3.63) is 51.1 Å². The predicted octanol–water partition coefficient (Wildman–Crippen LogP) is 5.40. The predicted molar refractivity (Wildman–Crippen MR) is 115 cm³/mol. The molecule has 0 bridgehead atoms. The van der Waals surface area contributed by atoms with Gasteiger partial charge in [-0.1, -0.05) is 46.6 Å². The topological polar surface area (TPSA) is 62.3 Å². The van der Waals surface area contributed by atoms with Gasteiger partial charge < -0.3 is 10.2 Å². The molecular weight excluding hydrogens is 441 g/mol. The van der Waals surface area contributed by atoms with Crippen LogP contribution in [0.4, 0.5) is 5.69 Å². The average molecular weight is 459 g/mol. The van der Waals surface area contributed by atoms with E-state index < -0.39 is 5.25 Å². The van der Waals surface area contributed by atoms with Gasteiger partial charge in [-0.3, -0.25) is 9.59 Å². The van der Waals surface area contributed by atoms with E-state index in [1.54, 1.807) is 25.3 Å². The summed E-state index contributed by atoms with van der Waals surface area (Å²) >= 11 is 19.4. The SMILES string of the molecule is CC(Sc1ccc(C(=O)N2CCCC2)cn1)C(=O)Nc1c(Cl)cc(Cl)cc1Cl. The summed E-state index contributed by atoms with van der Waals surface area (Å²) in [7, 11) is 0. The number of carbonyl (C=O) groups is 2. The van der Waals surface area contributed by atoms with Crippen molar-refractivity contribution < 1.29 is 9.59 Å². The normalized spacial score (nSPS) is 14.8. The summed E-state index contributed by atoms with van der Waals surface area (Å²) in [6.07, 6.45) is 3.64. The molecule has 2 aromatic rings. The molecule has 1 aromatic carbocycles. The highest BCUT2D eigenvalue weighted by Crippen LogP contribution is 2.34. The highest BCUT2D eigenvalue weighted by Gasteiger charge is 2.21. The molecule has 1 atom stereocenters. The number of hydrogen-bond acceptors (Lipinski definition) is 4. The quantitative estimate of drug-likeness (QED) is 0.610. The Hall–Kier alpha value is -1.47. The van der Waals surface area contributed by atoms with Gasteiger partial charge in [-0.25, -0.2) is 4.98 Å². The maximum Gasteiger partial charge on any atom is 0.255 e. The number of anilines is 1. The summed E-state index contributed by atoms with van der Waals surface area (Å²) in [4.78, 5) is 31.0. The van der Waals surface area contributed by atoms with Crippen molar-refractivity contribution in [3.63, 3.8) is 0 Å². The Morgan fingerprint density at radius 2 is 1.79 bits per heavy atom. The Bertz CT molecular complexity index is 863. The minimum Gasteiger partial charge on any atom is -0.339 e. The number of aromatic nitrogens is 1. The third-order valence-electron chi connectivity index (χ3n) is 4.30. The van der Waals surface area contributed by atoms with Crippen molar-refractivity contribution in [2.75, 3.05) is 18.4 Å². The number of nitrogens with one attached hydrogen (secondary N) is 1. The van der Waals surface area contributed by atoms with Gasteiger partial charge in [0.1, 0.15) is 0 Å². The first-order valence-electron chi connectivity index (χ1n) is 8.72. The first-order chi connectivity index (χ1) is 13.3. The molecule has 5 nitrogen and oxygen atoms in total. The summed E-state index contributed by atoms with van der Waals surface area (Å²) in [5.41, 5.74) is 0.882. The molecule has 9 heteroatoms. The van der Waals surface area contributed by atoms with Crippen molar-refractivity contribution in [2.45, 2.75) is 30.0 Å². The van der Waals surface area contributed by atoms with Crippen LogP contribution in [0.1, 0.15) is 30.1 Å². The first-order valence-corrected chi connectivity index (χ1v) is 10.7. The maximum absolute atomic E-state index is 12.5. The monoisotopic (exact) mass is 457 g/mol. The Labute approximate surface area is 182 Å². The zero-order valence-electron chi connectivity index (χ0n) is 15.0. The van der Waals surface area contributed by atoms with E-state index in [0.29, 0.717) is 21.3 Å². The number of thioether (sulfide) groups is 1. The minimum atomic E-state index is -0.449. The Morgan fingerprint density at radius 3 is 2.36 bits per heavy atom. The van der Waals surface area contributed by atoms with Gasteiger partial charge in [0.25, 0.3) is 5.91 Å². The van der Waals surface area contributed by atoms with Crippen molar-refractivity contribution in [1.29, 1.82) is 0 Å². The molecule has 148 valence electrons. The van der Waals surface area contributed by atoms with Crippen LogP contribution in [-0.2, 0) is 4.79 Å². The van der Waals surface area contributed by atoms with Crippen molar-refractivity contribution in [1.82, 2.24) is 9.88 Å². The molecule has 1 saturated heterocycles. The van der Waals surface area contributed by atoms with Crippen molar-refractivity contribution in [2.24, 2.45) is 0 Å². The second-order valence-corrected chi connectivity index (χ2v) is 8.99. The smallest absolute Gasteiger partial charge is 0.255 e. The second kappa shape index (κ2) is 9.35. The summed E-state index contributed by atoms with van der Waals surface area (Å²) < 4.78 is 0. The van der Waals surface area contributed by atoms with Gasteiger partial charge in [-0.05, 0) is 44.0 Å². The number of pyridine rings is 1. The van der Waals surface area contributed by atoms with E-state index in [4.69, 9.17) is 34.8 Å². The van der Waals surface area contributed by atoms with Gasteiger partial charge >= 0.3 is 0 Å². The van der Waals surface area contributed by atoms with Gasteiger partial charge in [0.05, 0.1) is 31.6 Å². The van der Waals surface area contributed by atoms with E-state index in [9.17, 15) is 9.59 Å². The van der Waals surface area contributed by atoms with Crippen LogP contribution < -0.4 is 5.32 Å². The molecule has 0 aliphatic carbocycles. The number of halogens is 3. The van der Waals surface area contributed by atoms with Crippen LogP contribution >= 0.6 is 46.6 Å². The fourth-order valence-corrected chi connectivity index (χ4v) is 4.50. The molecule has 1 unspecified atom stereocenters. The summed E-state index contributed by atoms with van der Waals surface area (Å²) in [5, 5.41) is 3.85. The average Bonchev–Trinajstić information content (AvgIpc) is 3.19. The Kier molecular flexibility index (Phi) is 7.10. The molecule has 0 spiro atoms. The van der Waals surface area contributed by atoms with Gasteiger partial charge in [0.15, 0.2) is 0 Å². The second-order valence-electron chi connectivity index (χ2n) is 6.38. The summed E-state index contributed by atoms with van der Waals surface area (Å²) in [6, 6.07) is 6.52. The molecule has 3 rings (SSSR count). The number of amides is 2. The molecule has 1 N–H and O–H groups in total. The van der Waals surface area contributed by atoms with E-state index in [0.717, 1.165) is 25.9 Å². The molecular formula is C19H18Cl3N3O2S. The lowest BCUT2D eigenvalue weighted by atomic mass is 10.2. The van der Waals surface area contributed by atoms with Crippen LogP contribution in [0.25, 0.3) is 0 Å². The standard InChI is InChI=1S/C19H18Cl3N3O2S/c1-11(18(26)24-17-14(21)8-13(20)9-15(17)22)28-16-5-4-12(10-23-16)19(27)25-6-2-3-7-25/h4-5,8-11H,2-3,6-7H2,1H3,(H,24,26). The van der Waals surface area contributed by atoms with Gasteiger partial charge in [-0.15, -0.1) is 0 Å². The molecule has 1 fully saturated rings. The van der Waals surface area contributed by atoms with E-state index in [-0.39, 0.29) is 21.9 Å². The third kappa shape index (κ3) is 5.11. The van der Waals surface area contributed by atoms with Crippen LogP contribution in [0.3, 0.4) is 0 Å². The number of rotatable bonds is 5. The van der Waals surface area contributed by atoms with Crippen LogP contribution in [0.5, 0.6) is 0 Å². The van der Waals surface area contributed by atoms with Crippen molar-refractivity contribution in [3.8, 4) is 0 Å². The van der Waals surface area contributed by atoms with E-state index >= 15 is 0 Å². The molecule has 2 amide bonds. The molecule has 1 aromatic heterocycles. The lowest BCUT2D eigenvalue weighted by Gasteiger charge is -2.16. The fourth-order valence-electron chi connectivity index (χ4n) is 2.80. The van der Waals surface area contributed by atoms with Gasteiger partial charge in [-0.2, -0.15) is 0 Å². The number of likely N-dealkylation sites (tertiary alicyclic amines) is 1. The first kappa shape index (κ1) is 21.2. The largest absolute Gasteiger partial charge is 0.339 e. The maximum atomic E-state index is 12.5. The van der Waals surface area contributed by atoms with E-state index in [2.05, 4.69) is 10.3 Å². The van der Waals surface area contributed by atoms with Crippen LogP contribution in [0.15, 0.2) is 35.5 Å². The third-order valence-corrected chi connectivity index (χ3v) is 6.16. The summed E-state index contributed by atoms with van der Waals surface area (Å²) in [6.45, 7) is 3.34. The zero-order chi connectivity index (χ0) is 20.3.